The highest BCUT2D eigenvalue weighted by Crippen LogP contribution is 2.14. The summed E-state index contributed by atoms with van der Waals surface area (Å²) in [5, 5.41) is 2.51. The highest BCUT2D eigenvalue weighted by Gasteiger charge is 2.38. The maximum absolute atomic E-state index is 11.9. The molecule has 1 fully saturated rings. The second-order valence-corrected chi connectivity index (χ2v) is 4.95. The fraction of sp³-hybridized carbons (Fsp3) is 0.727. The molecule has 0 aromatic heterocycles. The molecule has 0 bridgehead atoms. The van der Waals surface area contributed by atoms with Crippen molar-refractivity contribution in [3.8, 4) is 0 Å². The third-order valence-electron chi connectivity index (χ3n) is 2.28. The second-order valence-electron chi connectivity index (χ2n) is 4.95. The van der Waals surface area contributed by atoms with Gasteiger partial charge in [0.15, 0.2) is 6.04 Å². The zero-order valence-corrected chi connectivity index (χ0v) is 11.0. The van der Waals surface area contributed by atoms with Crippen LogP contribution in [0.1, 0.15) is 20.8 Å². The number of methoxy groups -OCH3 is 1. The number of nitrogens with one attached hydrogen (secondary N) is 1. The summed E-state index contributed by atoms with van der Waals surface area (Å²) in [7, 11) is 1.23. The number of nitrogens with zero attached hydrogens (tertiary/aromatic N) is 1. The van der Waals surface area contributed by atoms with E-state index in [0.717, 1.165) is 4.90 Å². The molecule has 0 aromatic rings. The number of hydrogen-bond acceptors (Lipinski definition) is 5. The van der Waals surface area contributed by atoms with E-state index in [2.05, 4.69) is 10.1 Å². The Morgan fingerprint density at radius 2 is 2.00 bits per heavy atom. The smallest absolute Gasteiger partial charge is 0.411 e. The first-order chi connectivity index (χ1) is 8.24. The SMILES string of the molecule is COC(=O)C1CNC(=O)CN1C(=O)OC(C)(C)C. The summed E-state index contributed by atoms with van der Waals surface area (Å²) in [6.07, 6.45) is -0.701. The average Bonchev–Trinajstić information content (AvgIpc) is 2.25. The number of carbonyl (C=O) groups is 3. The van der Waals surface area contributed by atoms with Crippen molar-refractivity contribution in [2.75, 3.05) is 20.2 Å². The van der Waals surface area contributed by atoms with E-state index in [1.807, 2.05) is 0 Å². The number of ether oxygens (including phenoxy) is 2. The van der Waals surface area contributed by atoms with E-state index in [1.165, 1.54) is 7.11 Å². The van der Waals surface area contributed by atoms with Crippen molar-refractivity contribution in [1.82, 2.24) is 10.2 Å². The molecule has 1 aliphatic rings. The molecule has 1 N–H and O–H groups in total. The molecule has 0 aliphatic carbocycles. The van der Waals surface area contributed by atoms with Gasteiger partial charge < -0.3 is 14.8 Å². The maximum Gasteiger partial charge on any atom is 0.411 e. The number of esters is 1. The van der Waals surface area contributed by atoms with Gasteiger partial charge in [-0.3, -0.25) is 9.69 Å². The van der Waals surface area contributed by atoms with Gasteiger partial charge in [-0.1, -0.05) is 0 Å². The minimum absolute atomic E-state index is 0.0325. The Hall–Kier alpha value is -1.79. The van der Waals surface area contributed by atoms with Gasteiger partial charge in [-0.25, -0.2) is 9.59 Å². The topological polar surface area (TPSA) is 84.9 Å². The molecule has 102 valence electrons. The summed E-state index contributed by atoms with van der Waals surface area (Å²) in [6.45, 7) is 4.95. The maximum atomic E-state index is 11.9. The summed E-state index contributed by atoms with van der Waals surface area (Å²) in [5.74, 6) is -0.915. The van der Waals surface area contributed by atoms with Gasteiger partial charge in [0, 0.05) is 6.54 Å². The molecule has 1 aliphatic heterocycles. The quantitative estimate of drug-likeness (QED) is 0.664. The summed E-state index contributed by atoms with van der Waals surface area (Å²) < 4.78 is 9.75. The number of piperazine rings is 1. The standard InChI is InChI=1S/C11H18N2O5/c1-11(2,3)18-10(16)13-6-8(14)12-5-7(13)9(15)17-4/h7H,5-6H2,1-4H3,(H,12,14). The Labute approximate surface area is 105 Å². The molecule has 1 atom stereocenters. The van der Waals surface area contributed by atoms with Crippen molar-refractivity contribution in [2.24, 2.45) is 0 Å². The first-order valence-corrected chi connectivity index (χ1v) is 5.59. The molecule has 7 heteroatoms. The van der Waals surface area contributed by atoms with Gasteiger partial charge in [-0.15, -0.1) is 0 Å². The van der Waals surface area contributed by atoms with Crippen molar-refractivity contribution in [2.45, 2.75) is 32.4 Å². The summed E-state index contributed by atoms with van der Waals surface area (Å²) >= 11 is 0. The van der Waals surface area contributed by atoms with Crippen molar-refractivity contribution < 1.29 is 23.9 Å². The Bertz CT molecular complexity index is 361. The fourth-order valence-electron chi connectivity index (χ4n) is 1.50. The van der Waals surface area contributed by atoms with Gasteiger partial charge in [0.2, 0.25) is 5.91 Å². The van der Waals surface area contributed by atoms with Crippen LogP contribution < -0.4 is 5.32 Å². The lowest BCUT2D eigenvalue weighted by atomic mass is 10.2. The molecule has 1 heterocycles. The lowest BCUT2D eigenvalue weighted by molar-refractivity contribution is -0.149. The molecule has 1 saturated heterocycles. The van der Waals surface area contributed by atoms with Crippen molar-refractivity contribution >= 4 is 18.0 Å². The van der Waals surface area contributed by atoms with E-state index in [0.29, 0.717) is 0 Å². The number of amides is 2. The van der Waals surface area contributed by atoms with E-state index in [4.69, 9.17) is 4.74 Å². The average molecular weight is 258 g/mol. The minimum atomic E-state index is -0.845. The molecular weight excluding hydrogens is 240 g/mol. The first-order valence-electron chi connectivity index (χ1n) is 5.59. The molecular formula is C11H18N2O5. The normalized spacial score (nSPS) is 20.1. The molecule has 1 rings (SSSR count). The van der Waals surface area contributed by atoms with E-state index >= 15 is 0 Å². The van der Waals surface area contributed by atoms with Crippen LogP contribution in [0.25, 0.3) is 0 Å². The Morgan fingerprint density at radius 1 is 1.39 bits per heavy atom. The summed E-state index contributed by atoms with van der Waals surface area (Å²) in [6, 6.07) is -0.845. The Balaban J connectivity index is 2.82. The zero-order chi connectivity index (χ0) is 13.9. The predicted molar refractivity (Wildman–Crippen MR) is 61.8 cm³/mol. The van der Waals surface area contributed by atoms with Crippen LogP contribution >= 0.6 is 0 Å². The van der Waals surface area contributed by atoms with Gasteiger partial charge in [0.05, 0.1) is 7.11 Å². The third kappa shape index (κ3) is 3.61. The van der Waals surface area contributed by atoms with Crippen LogP contribution in [-0.4, -0.2) is 54.7 Å². The Morgan fingerprint density at radius 3 is 2.50 bits per heavy atom. The molecule has 18 heavy (non-hydrogen) atoms. The van der Waals surface area contributed by atoms with Crippen molar-refractivity contribution in [1.29, 1.82) is 0 Å². The molecule has 2 amide bonds. The van der Waals surface area contributed by atoms with Gasteiger partial charge in [-0.2, -0.15) is 0 Å². The van der Waals surface area contributed by atoms with Crippen LogP contribution in [0.5, 0.6) is 0 Å². The largest absolute Gasteiger partial charge is 0.467 e. The van der Waals surface area contributed by atoms with Crippen LogP contribution in [0.2, 0.25) is 0 Å². The van der Waals surface area contributed by atoms with E-state index < -0.39 is 23.7 Å². The van der Waals surface area contributed by atoms with Crippen LogP contribution in [0, 0.1) is 0 Å². The van der Waals surface area contributed by atoms with Crippen LogP contribution in [-0.2, 0) is 19.1 Å². The van der Waals surface area contributed by atoms with Crippen molar-refractivity contribution in [3.05, 3.63) is 0 Å². The molecule has 0 radical (unpaired) electrons. The van der Waals surface area contributed by atoms with E-state index in [1.54, 1.807) is 20.8 Å². The van der Waals surface area contributed by atoms with Crippen molar-refractivity contribution in [3.63, 3.8) is 0 Å². The fourth-order valence-corrected chi connectivity index (χ4v) is 1.50. The summed E-state index contributed by atoms with van der Waals surface area (Å²) in [4.78, 5) is 35.8. The van der Waals surface area contributed by atoms with Crippen LogP contribution in [0.15, 0.2) is 0 Å². The summed E-state index contributed by atoms with van der Waals surface area (Å²) in [5.41, 5.74) is -0.689. The van der Waals surface area contributed by atoms with E-state index in [-0.39, 0.29) is 19.0 Å². The highest BCUT2D eigenvalue weighted by molar-refractivity contribution is 5.89. The van der Waals surface area contributed by atoms with Gasteiger partial charge in [0.1, 0.15) is 12.1 Å². The Kier molecular flexibility index (Phi) is 4.15. The highest BCUT2D eigenvalue weighted by atomic mass is 16.6. The van der Waals surface area contributed by atoms with Gasteiger partial charge in [-0.05, 0) is 20.8 Å². The zero-order valence-electron chi connectivity index (χ0n) is 11.0. The number of hydrogen-bond donors (Lipinski definition) is 1. The second kappa shape index (κ2) is 5.24. The molecule has 0 spiro atoms. The predicted octanol–water partition coefficient (Wildman–Crippen LogP) is -0.105. The first kappa shape index (κ1) is 14.3. The minimum Gasteiger partial charge on any atom is -0.467 e. The van der Waals surface area contributed by atoms with Crippen LogP contribution in [0.3, 0.4) is 0 Å². The van der Waals surface area contributed by atoms with Gasteiger partial charge in [0.25, 0.3) is 0 Å². The lowest BCUT2D eigenvalue weighted by Crippen LogP contribution is -2.60. The number of carbonyl (C=O) groups excluding carboxylic acids is 3. The monoisotopic (exact) mass is 258 g/mol. The number of rotatable bonds is 1. The van der Waals surface area contributed by atoms with Crippen LogP contribution in [0.4, 0.5) is 4.79 Å². The molecule has 0 saturated carbocycles. The molecule has 1 unspecified atom stereocenters. The van der Waals surface area contributed by atoms with Gasteiger partial charge >= 0.3 is 12.1 Å². The third-order valence-corrected chi connectivity index (χ3v) is 2.28. The molecule has 7 nitrogen and oxygen atoms in total. The van der Waals surface area contributed by atoms with E-state index in [9.17, 15) is 14.4 Å². The molecule has 0 aromatic carbocycles. The lowest BCUT2D eigenvalue weighted by Gasteiger charge is -2.34.